The van der Waals surface area contributed by atoms with Gasteiger partial charge in [0.05, 0.1) is 0 Å². The summed E-state index contributed by atoms with van der Waals surface area (Å²) in [4.78, 5) is 36.7. The molecule has 0 spiro atoms. The van der Waals surface area contributed by atoms with Crippen LogP contribution in [0.15, 0.2) is 0 Å². The highest BCUT2D eigenvalue weighted by Crippen LogP contribution is 2.15. The summed E-state index contributed by atoms with van der Waals surface area (Å²) in [7, 11) is 0. The van der Waals surface area contributed by atoms with Crippen molar-refractivity contribution in [2.75, 3.05) is 6.54 Å². The minimum atomic E-state index is -0.626. The lowest BCUT2D eigenvalue weighted by Gasteiger charge is -2.17. The molecule has 0 aromatic heterocycles. The lowest BCUT2D eigenvalue weighted by Crippen LogP contribution is -2.47. The Bertz CT molecular complexity index is 666. The number of ketones is 1. The summed E-state index contributed by atoms with van der Waals surface area (Å²) in [5.74, 6) is -0.207. The summed E-state index contributed by atoms with van der Waals surface area (Å²) in [6.45, 7) is 6.22. The maximum Gasteiger partial charge on any atom is 0.220 e. The van der Waals surface area contributed by atoms with Crippen LogP contribution in [0.5, 0.6) is 0 Å². The highest BCUT2D eigenvalue weighted by molar-refractivity contribution is 5.88. The van der Waals surface area contributed by atoms with Crippen LogP contribution in [0.1, 0.15) is 226 Å². The molecule has 1 atom stereocenters. The van der Waals surface area contributed by atoms with Gasteiger partial charge in [0.25, 0.3) is 0 Å². The van der Waals surface area contributed by atoms with Crippen molar-refractivity contribution in [3.63, 3.8) is 0 Å². The van der Waals surface area contributed by atoms with Gasteiger partial charge in [-0.05, 0) is 19.8 Å². The first-order chi connectivity index (χ1) is 22.0. The SMILES string of the molecule is CCCCCCCCCCCCCCCCCC(=O)NCC(NC(=O)CCCCCCCCCCCCCCCCC)C(C)=O. The fourth-order valence-corrected chi connectivity index (χ4v) is 6.18. The van der Waals surface area contributed by atoms with E-state index in [0.29, 0.717) is 12.8 Å². The lowest BCUT2D eigenvalue weighted by molar-refractivity contribution is -0.127. The van der Waals surface area contributed by atoms with Crippen LogP contribution in [-0.4, -0.2) is 30.2 Å². The van der Waals surface area contributed by atoms with Crippen molar-refractivity contribution in [3.05, 3.63) is 0 Å². The van der Waals surface area contributed by atoms with Gasteiger partial charge in [0, 0.05) is 19.4 Å². The summed E-state index contributed by atoms with van der Waals surface area (Å²) in [6, 6.07) is -0.626. The Kier molecular flexibility index (Phi) is 34.4. The van der Waals surface area contributed by atoms with E-state index >= 15 is 0 Å². The van der Waals surface area contributed by atoms with Gasteiger partial charge in [-0.25, -0.2) is 0 Å². The van der Waals surface area contributed by atoms with Crippen LogP contribution in [-0.2, 0) is 14.4 Å². The highest BCUT2D eigenvalue weighted by atomic mass is 16.2. The molecule has 2 amide bonds. The Morgan fingerprint density at radius 1 is 0.400 bits per heavy atom. The number of nitrogens with one attached hydrogen (secondary N) is 2. The molecule has 0 aromatic carbocycles. The molecule has 0 bridgehead atoms. The molecular formula is C40H78N2O3. The van der Waals surface area contributed by atoms with E-state index in [0.717, 1.165) is 25.7 Å². The molecule has 5 nitrogen and oxygen atoms in total. The first-order valence-corrected chi connectivity index (χ1v) is 20.1. The van der Waals surface area contributed by atoms with Gasteiger partial charge in [-0.3, -0.25) is 14.4 Å². The van der Waals surface area contributed by atoms with E-state index in [1.54, 1.807) is 0 Å². The summed E-state index contributed by atoms with van der Waals surface area (Å²) >= 11 is 0. The van der Waals surface area contributed by atoms with Gasteiger partial charge in [0.2, 0.25) is 11.8 Å². The van der Waals surface area contributed by atoms with Crippen LogP contribution < -0.4 is 10.6 Å². The molecule has 0 heterocycles. The van der Waals surface area contributed by atoms with E-state index in [2.05, 4.69) is 24.5 Å². The zero-order chi connectivity index (χ0) is 33.1. The first-order valence-electron chi connectivity index (χ1n) is 20.1. The Morgan fingerprint density at radius 3 is 0.956 bits per heavy atom. The predicted octanol–water partition coefficient (Wildman–Crippen LogP) is 11.7. The third kappa shape index (κ3) is 33.8. The third-order valence-electron chi connectivity index (χ3n) is 9.34. The van der Waals surface area contributed by atoms with Crippen molar-refractivity contribution >= 4 is 17.6 Å². The Labute approximate surface area is 281 Å². The normalized spacial score (nSPS) is 11.9. The number of amides is 2. The van der Waals surface area contributed by atoms with Crippen molar-refractivity contribution in [1.82, 2.24) is 10.6 Å². The van der Waals surface area contributed by atoms with E-state index in [1.807, 2.05) is 0 Å². The van der Waals surface area contributed by atoms with Gasteiger partial charge < -0.3 is 10.6 Å². The van der Waals surface area contributed by atoms with Gasteiger partial charge in [0.1, 0.15) is 6.04 Å². The van der Waals surface area contributed by atoms with E-state index in [-0.39, 0.29) is 24.1 Å². The van der Waals surface area contributed by atoms with Crippen molar-refractivity contribution in [1.29, 1.82) is 0 Å². The van der Waals surface area contributed by atoms with Gasteiger partial charge in [-0.1, -0.05) is 194 Å². The lowest BCUT2D eigenvalue weighted by atomic mass is 10.0. The molecule has 5 heteroatoms. The summed E-state index contributed by atoms with van der Waals surface area (Å²) in [5.41, 5.74) is 0. The standard InChI is InChI=1S/C40H78N2O3/c1-4-6-8-10-12-14-16-18-20-22-24-26-28-30-32-34-39(44)41-36-38(37(3)43)42-40(45)35-33-31-29-27-25-23-21-19-17-15-13-11-9-7-5-2/h38H,4-36H2,1-3H3,(H,41,44)(H,42,45). The average Bonchev–Trinajstić information content (AvgIpc) is 3.02. The maximum absolute atomic E-state index is 12.4. The summed E-state index contributed by atoms with van der Waals surface area (Å²) in [6.07, 6.45) is 40.0. The Hall–Kier alpha value is -1.39. The molecule has 0 fully saturated rings. The molecule has 0 aliphatic heterocycles. The van der Waals surface area contributed by atoms with Crippen LogP contribution in [0.3, 0.4) is 0 Å². The van der Waals surface area contributed by atoms with Crippen LogP contribution >= 0.6 is 0 Å². The summed E-state index contributed by atoms with van der Waals surface area (Å²) < 4.78 is 0. The fourth-order valence-electron chi connectivity index (χ4n) is 6.18. The highest BCUT2D eigenvalue weighted by Gasteiger charge is 2.17. The molecular weight excluding hydrogens is 556 g/mol. The number of hydrogen-bond donors (Lipinski definition) is 2. The zero-order valence-corrected chi connectivity index (χ0v) is 30.6. The second-order valence-electron chi connectivity index (χ2n) is 13.9. The van der Waals surface area contributed by atoms with Crippen LogP contribution in [0, 0.1) is 0 Å². The largest absolute Gasteiger partial charge is 0.354 e. The number of unbranched alkanes of at least 4 members (excludes halogenated alkanes) is 28. The van der Waals surface area contributed by atoms with E-state index < -0.39 is 6.04 Å². The maximum atomic E-state index is 12.4. The Balaban J connectivity index is 3.61. The number of Topliss-reactive ketones (excluding diaryl/α,β-unsaturated/α-hetero) is 1. The monoisotopic (exact) mass is 635 g/mol. The molecule has 0 aromatic rings. The van der Waals surface area contributed by atoms with Crippen LogP contribution in [0.2, 0.25) is 0 Å². The minimum absolute atomic E-state index is 0.0207. The van der Waals surface area contributed by atoms with Gasteiger partial charge in [-0.15, -0.1) is 0 Å². The summed E-state index contributed by atoms with van der Waals surface area (Å²) in [5, 5.41) is 5.71. The zero-order valence-electron chi connectivity index (χ0n) is 30.6. The number of rotatable bonds is 36. The van der Waals surface area contributed by atoms with E-state index in [1.165, 1.54) is 174 Å². The van der Waals surface area contributed by atoms with Gasteiger partial charge >= 0.3 is 0 Å². The molecule has 0 saturated carbocycles. The van der Waals surface area contributed by atoms with Gasteiger partial charge in [-0.2, -0.15) is 0 Å². The van der Waals surface area contributed by atoms with Crippen molar-refractivity contribution in [2.24, 2.45) is 0 Å². The molecule has 0 rings (SSSR count). The second kappa shape index (κ2) is 35.5. The first kappa shape index (κ1) is 43.6. The number of hydrogen-bond acceptors (Lipinski definition) is 3. The fraction of sp³-hybridized carbons (Fsp3) is 0.925. The average molecular weight is 635 g/mol. The minimum Gasteiger partial charge on any atom is -0.354 e. The van der Waals surface area contributed by atoms with Crippen molar-refractivity contribution in [3.8, 4) is 0 Å². The Morgan fingerprint density at radius 2 is 0.667 bits per heavy atom. The predicted molar refractivity (Wildman–Crippen MR) is 195 cm³/mol. The van der Waals surface area contributed by atoms with Gasteiger partial charge in [0.15, 0.2) is 5.78 Å². The van der Waals surface area contributed by atoms with Crippen molar-refractivity contribution in [2.45, 2.75) is 232 Å². The molecule has 45 heavy (non-hydrogen) atoms. The molecule has 1 unspecified atom stereocenters. The number of carbonyl (C=O) groups is 3. The molecule has 0 aliphatic carbocycles. The quantitative estimate of drug-likeness (QED) is 0.0673. The van der Waals surface area contributed by atoms with E-state index in [4.69, 9.17) is 0 Å². The molecule has 0 radical (unpaired) electrons. The van der Waals surface area contributed by atoms with E-state index in [9.17, 15) is 14.4 Å². The topological polar surface area (TPSA) is 75.3 Å². The smallest absolute Gasteiger partial charge is 0.220 e. The van der Waals surface area contributed by atoms with Crippen molar-refractivity contribution < 1.29 is 14.4 Å². The molecule has 2 N–H and O–H groups in total. The third-order valence-corrected chi connectivity index (χ3v) is 9.34. The number of carbonyl (C=O) groups excluding carboxylic acids is 3. The van der Waals surface area contributed by atoms with Crippen LogP contribution in [0.4, 0.5) is 0 Å². The molecule has 0 aliphatic rings. The van der Waals surface area contributed by atoms with Crippen LogP contribution in [0.25, 0.3) is 0 Å². The second-order valence-corrected chi connectivity index (χ2v) is 13.9. The molecule has 266 valence electrons. The molecule has 0 saturated heterocycles.